The predicted octanol–water partition coefficient (Wildman–Crippen LogP) is 4.17. The largest absolute Gasteiger partial charge is 0.493 e. The van der Waals surface area contributed by atoms with Gasteiger partial charge in [0.25, 0.3) is 5.91 Å². The second-order valence-corrected chi connectivity index (χ2v) is 5.62. The molecule has 0 bridgehead atoms. The number of hydrogen-bond donors (Lipinski definition) is 1. The maximum Gasteiger partial charge on any atom is 0.262 e. The highest BCUT2D eigenvalue weighted by molar-refractivity contribution is 8.04. The van der Waals surface area contributed by atoms with Crippen LogP contribution in [0.3, 0.4) is 0 Å². The highest BCUT2D eigenvalue weighted by Gasteiger charge is 2.20. The van der Waals surface area contributed by atoms with Crippen molar-refractivity contribution in [3.8, 4) is 5.75 Å². The Kier molecular flexibility index (Phi) is 3.97. The molecular weight excluding hydrogens is 282 g/mol. The number of ether oxygens (including phenoxy) is 1. The van der Waals surface area contributed by atoms with Crippen LogP contribution in [0.5, 0.6) is 5.75 Å². The minimum atomic E-state index is -0.0787. The van der Waals surface area contributed by atoms with E-state index in [0.717, 1.165) is 21.9 Å². The predicted molar refractivity (Wildman–Crippen MR) is 86.5 cm³/mol. The van der Waals surface area contributed by atoms with Crippen LogP contribution < -0.4 is 10.1 Å². The summed E-state index contributed by atoms with van der Waals surface area (Å²) >= 11 is 1.48. The van der Waals surface area contributed by atoms with Crippen molar-refractivity contribution >= 4 is 29.4 Å². The lowest BCUT2D eigenvalue weighted by molar-refractivity contribution is -0.112. The molecule has 4 heteroatoms. The highest BCUT2D eigenvalue weighted by atomic mass is 32.2. The molecule has 1 aliphatic heterocycles. The third kappa shape index (κ3) is 2.95. The van der Waals surface area contributed by atoms with Gasteiger partial charge in [-0.3, -0.25) is 4.79 Å². The summed E-state index contributed by atoms with van der Waals surface area (Å²) in [6, 6.07) is 15.5. The molecule has 3 rings (SSSR count). The lowest BCUT2D eigenvalue weighted by Crippen LogP contribution is -2.17. The summed E-state index contributed by atoms with van der Waals surface area (Å²) in [6.07, 6.45) is 1.88. The smallest absolute Gasteiger partial charge is 0.262 e. The van der Waals surface area contributed by atoms with Gasteiger partial charge in [0.1, 0.15) is 5.75 Å². The molecule has 21 heavy (non-hydrogen) atoms. The Morgan fingerprint density at radius 3 is 2.76 bits per heavy atom. The zero-order chi connectivity index (χ0) is 14.7. The minimum absolute atomic E-state index is 0.0787. The normalized spacial score (nSPS) is 15.5. The molecule has 1 heterocycles. The molecule has 0 unspecified atom stereocenters. The number of rotatable bonds is 3. The van der Waals surface area contributed by atoms with Crippen molar-refractivity contribution in [1.29, 1.82) is 0 Å². The number of para-hydroxylation sites is 2. The van der Waals surface area contributed by atoms with E-state index in [9.17, 15) is 4.79 Å². The van der Waals surface area contributed by atoms with Crippen LogP contribution in [0.2, 0.25) is 0 Å². The first-order valence-corrected chi connectivity index (χ1v) is 7.61. The van der Waals surface area contributed by atoms with Gasteiger partial charge < -0.3 is 10.1 Å². The monoisotopic (exact) mass is 297 g/mol. The molecule has 0 aliphatic carbocycles. The van der Waals surface area contributed by atoms with Gasteiger partial charge in [0, 0.05) is 10.5 Å². The van der Waals surface area contributed by atoms with Crippen molar-refractivity contribution in [2.24, 2.45) is 0 Å². The molecule has 1 amide bonds. The van der Waals surface area contributed by atoms with Crippen LogP contribution in [0, 0.1) is 0 Å². The van der Waals surface area contributed by atoms with Crippen LogP contribution in [0.4, 0.5) is 5.69 Å². The number of carbonyl (C=O) groups is 1. The first kappa shape index (κ1) is 13.8. The molecule has 0 radical (unpaired) electrons. The van der Waals surface area contributed by atoms with Gasteiger partial charge in [-0.2, -0.15) is 0 Å². The third-order valence-corrected chi connectivity index (χ3v) is 4.18. The van der Waals surface area contributed by atoms with Gasteiger partial charge in [0.15, 0.2) is 0 Å². The minimum Gasteiger partial charge on any atom is -0.493 e. The third-order valence-electron chi connectivity index (χ3n) is 3.08. The SMILES string of the molecule is CCOc1ccccc1/C=C1\Sc2ccccc2NC1=O. The number of hydrogen-bond acceptors (Lipinski definition) is 3. The van der Waals surface area contributed by atoms with E-state index < -0.39 is 0 Å². The molecule has 1 aliphatic rings. The fraction of sp³-hybridized carbons (Fsp3) is 0.118. The molecule has 0 saturated heterocycles. The van der Waals surface area contributed by atoms with E-state index in [4.69, 9.17) is 4.74 Å². The van der Waals surface area contributed by atoms with Crippen molar-refractivity contribution in [2.75, 3.05) is 11.9 Å². The number of nitrogens with one attached hydrogen (secondary N) is 1. The number of anilines is 1. The van der Waals surface area contributed by atoms with Gasteiger partial charge in [-0.1, -0.05) is 42.1 Å². The molecule has 2 aromatic rings. The van der Waals surface area contributed by atoms with E-state index in [1.54, 1.807) is 0 Å². The van der Waals surface area contributed by atoms with E-state index in [-0.39, 0.29) is 5.91 Å². The Bertz CT molecular complexity index is 709. The van der Waals surface area contributed by atoms with Gasteiger partial charge in [-0.15, -0.1) is 0 Å². The summed E-state index contributed by atoms with van der Waals surface area (Å²) in [5.74, 6) is 0.713. The van der Waals surface area contributed by atoms with Crippen molar-refractivity contribution in [3.63, 3.8) is 0 Å². The molecular formula is C17H15NO2S. The number of amides is 1. The molecule has 0 aromatic heterocycles. The molecule has 0 saturated carbocycles. The molecule has 2 aromatic carbocycles. The maximum atomic E-state index is 12.2. The maximum absolute atomic E-state index is 12.2. The first-order valence-electron chi connectivity index (χ1n) is 6.79. The van der Waals surface area contributed by atoms with Gasteiger partial charge in [-0.25, -0.2) is 0 Å². The number of fused-ring (bicyclic) bond motifs is 1. The summed E-state index contributed by atoms with van der Waals surface area (Å²) in [7, 11) is 0. The quantitative estimate of drug-likeness (QED) is 0.864. The number of thioether (sulfide) groups is 1. The van der Waals surface area contributed by atoms with Crippen molar-refractivity contribution in [1.82, 2.24) is 0 Å². The van der Waals surface area contributed by atoms with E-state index in [0.29, 0.717) is 11.5 Å². The molecule has 106 valence electrons. The van der Waals surface area contributed by atoms with E-state index in [2.05, 4.69) is 5.32 Å². The standard InChI is InChI=1S/C17H15NO2S/c1-2-20-14-9-5-3-7-12(14)11-16-17(19)18-13-8-4-6-10-15(13)21-16/h3-11H,2H2,1H3,(H,18,19)/b16-11-. The van der Waals surface area contributed by atoms with E-state index in [1.165, 1.54) is 11.8 Å². The number of benzene rings is 2. The molecule has 3 nitrogen and oxygen atoms in total. The van der Waals surface area contributed by atoms with Crippen LogP contribution in [0.15, 0.2) is 58.3 Å². The zero-order valence-corrected chi connectivity index (χ0v) is 12.4. The van der Waals surface area contributed by atoms with Gasteiger partial charge in [0.05, 0.1) is 17.2 Å². The lowest BCUT2D eigenvalue weighted by atomic mass is 10.2. The Morgan fingerprint density at radius 2 is 1.90 bits per heavy atom. The van der Waals surface area contributed by atoms with Crippen LogP contribution in [-0.2, 0) is 4.79 Å². The van der Waals surface area contributed by atoms with Crippen molar-refractivity contribution in [3.05, 3.63) is 59.0 Å². The van der Waals surface area contributed by atoms with E-state index >= 15 is 0 Å². The molecule has 0 fully saturated rings. The summed E-state index contributed by atoms with van der Waals surface area (Å²) < 4.78 is 5.60. The molecule has 0 spiro atoms. The van der Waals surface area contributed by atoms with E-state index in [1.807, 2.05) is 61.5 Å². The second kappa shape index (κ2) is 6.06. The summed E-state index contributed by atoms with van der Waals surface area (Å²) in [6.45, 7) is 2.55. The summed E-state index contributed by atoms with van der Waals surface area (Å²) in [5.41, 5.74) is 1.78. The van der Waals surface area contributed by atoms with Gasteiger partial charge >= 0.3 is 0 Å². The average Bonchev–Trinajstić information content (AvgIpc) is 2.50. The topological polar surface area (TPSA) is 38.3 Å². The van der Waals surface area contributed by atoms with Crippen molar-refractivity contribution < 1.29 is 9.53 Å². The summed E-state index contributed by atoms with van der Waals surface area (Å²) in [5, 5.41) is 2.91. The van der Waals surface area contributed by atoms with Crippen LogP contribution in [-0.4, -0.2) is 12.5 Å². The fourth-order valence-electron chi connectivity index (χ4n) is 2.13. The summed E-state index contributed by atoms with van der Waals surface area (Å²) in [4.78, 5) is 13.9. The Hall–Kier alpha value is -2.20. The second-order valence-electron chi connectivity index (χ2n) is 4.53. The molecule has 0 atom stereocenters. The Labute approximate surface area is 128 Å². The highest BCUT2D eigenvalue weighted by Crippen LogP contribution is 2.39. The Morgan fingerprint density at radius 1 is 1.14 bits per heavy atom. The fourth-order valence-corrected chi connectivity index (χ4v) is 3.07. The average molecular weight is 297 g/mol. The Balaban J connectivity index is 1.96. The zero-order valence-electron chi connectivity index (χ0n) is 11.6. The van der Waals surface area contributed by atoms with Crippen molar-refractivity contribution in [2.45, 2.75) is 11.8 Å². The molecule has 1 N–H and O–H groups in total. The number of carbonyl (C=O) groups excluding carboxylic acids is 1. The van der Waals surface area contributed by atoms with Gasteiger partial charge in [0.2, 0.25) is 0 Å². The van der Waals surface area contributed by atoms with Crippen LogP contribution in [0.25, 0.3) is 6.08 Å². The van der Waals surface area contributed by atoms with Crippen LogP contribution in [0.1, 0.15) is 12.5 Å². The first-order chi connectivity index (χ1) is 10.3. The van der Waals surface area contributed by atoms with Gasteiger partial charge in [-0.05, 0) is 31.2 Å². The van der Waals surface area contributed by atoms with Crippen LogP contribution >= 0.6 is 11.8 Å². The lowest BCUT2D eigenvalue weighted by Gasteiger charge is -2.18.